The number of nitrogens with two attached hydrogens (primary N) is 1. The molecule has 0 fully saturated rings. The van der Waals surface area contributed by atoms with Crippen LogP contribution in [-0.4, -0.2) is 22.4 Å². The summed E-state index contributed by atoms with van der Waals surface area (Å²) in [7, 11) is 1.49. The topological polar surface area (TPSA) is 94.4 Å². The van der Waals surface area contributed by atoms with Crippen LogP contribution in [0.5, 0.6) is 11.5 Å². The molecule has 2 aromatic rings. The maximum absolute atomic E-state index is 9.56. The van der Waals surface area contributed by atoms with E-state index in [0.29, 0.717) is 18.1 Å². The van der Waals surface area contributed by atoms with Crippen molar-refractivity contribution < 1.29 is 14.3 Å². The van der Waals surface area contributed by atoms with Crippen molar-refractivity contribution in [3.8, 4) is 11.5 Å². The number of aromatic hydroxyl groups is 1. The maximum atomic E-state index is 9.56. The quantitative estimate of drug-likeness (QED) is 0.801. The van der Waals surface area contributed by atoms with E-state index in [-0.39, 0.29) is 11.8 Å². The lowest BCUT2D eigenvalue weighted by Crippen LogP contribution is -1.90. The Kier molecular flexibility index (Phi) is 2.63. The molecule has 0 amide bonds. The molecule has 3 N–H and O–H groups in total. The Bertz CT molecular complexity index is 496. The van der Waals surface area contributed by atoms with E-state index in [1.54, 1.807) is 18.2 Å². The first-order valence-electron chi connectivity index (χ1n) is 4.63. The number of hydrogen-bond donors (Lipinski definition) is 2. The lowest BCUT2D eigenvalue weighted by molar-refractivity contribution is 0.373. The van der Waals surface area contributed by atoms with E-state index in [9.17, 15) is 5.11 Å². The summed E-state index contributed by atoms with van der Waals surface area (Å²) in [5.41, 5.74) is 6.13. The van der Waals surface area contributed by atoms with Crippen molar-refractivity contribution in [1.82, 2.24) is 10.2 Å². The summed E-state index contributed by atoms with van der Waals surface area (Å²) in [4.78, 5) is 0. The van der Waals surface area contributed by atoms with Gasteiger partial charge >= 0.3 is 6.01 Å². The van der Waals surface area contributed by atoms with E-state index in [1.807, 2.05) is 0 Å². The normalized spacial score (nSPS) is 10.3. The van der Waals surface area contributed by atoms with Gasteiger partial charge in [-0.25, -0.2) is 0 Å². The van der Waals surface area contributed by atoms with Crippen molar-refractivity contribution >= 4 is 6.01 Å². The van der Waals surface area contributed by atoms with Crippen molar-refractivity contribution in [2.45, 2.75) is 6.42 Å². The number of phenolic OH excluding ortho intramolecular Hbond substituents is 1. The van der Waals surface area contributed by atoms with Gasteiger partial charge in [0.2, 0.25) is 5.89 Å². The number of ether oxygens (including phenoxy) is 1. The highest BCUT2D eigenvalue weighted by molar-refractivity contribution is 5.42. The highest BCUT2D eigenvalue weighted by atomic mass is 16.5. The summed E-state index contributed by atoms with van der Waals surface area (Å²) in [6.07, 6.45) is 0.418. The lowest BCUT2D eigenvalue weighted by atomic mass is 10.1. The molecule has 16 heavy (non-hydrogen) atoms. The van der Waals surface area contributed by atoms with E-state index in [0.717, 1.165) is 5.56 Å². The lowest BCUT2D eigenvalue weighted by Gasteiger charge is -2.04. The molecule has 1 heterocycles. The largest absolute Gasteiger partial charge is 0.504 e. The minimum absolute atomic E-state index is 0.0349. The SMILES string of the molecule is COc1ccc(Cc2nnc(N)o2)cc1O. The van der Waals surface area contributed by atoms with Crippen molar-refractivity contribution in [2.75, 3.05) is 12.8 Å². The molecule has 0 bridgehead atoms. The van der Waals surface area contributed by atoms with Crippen LogP contribution in [0.2, 0.25) is 0 Å². The van der Waals surface area contributed by atoms with Crippen LogP contribution >= 0.6 is 0 Å². The van der Waals surface area contributed by atoms with Crippen LogP contribution in [0.4, 0.5) is 6.01 Å². The van der Waals surface area contributed by atoms with E-state index >= 15 is 0 Å². The molecule has 0 aliphatic heterocycles. The zero-order chi connectivity index (χ0) is 11.5. The van der Waals surface area contributed by atoms with Crippen LogP contribution in [-0.2, 0) is 6.42 Å². The van der Waals surface area contributed by atoms with Gasteiger partial charge in [0.05, 0.1) is 13.5 Å². The molecule has 6 nitrogen and oxygen atoms in total. The van der Waals surface area contributed by atoms with Gasteiger partial charge in [-0.3, -0.25) is 0 Å². The van der Waals surface area contributed by atoms with Crippen LogP contribution in [0.25, 0.3) is 0 Å². The van der Waals surface area contributed by atoms with E-state index < -0.39 is 0 Å². The number of phenols is 1. The molecule has 0 atom stereocenters. The minimum Gasteiger partial charge on any atom is -0.504 e. The Morgan fingerprint density at radius 2 is 2.25 bits per heavy atom. The number of rotatable bonds is 3. The molecule has 1 aromatic heterocycles. The Morgan fingerprint density at radius 1 is 1.44 bits per heavy atom. The van der Waals surface area contributed by atoms with Crippen molar-refractivity contribution in [1.29, 1.82) is 0 Å². The maximum Gasteiger partial charge on any atom is 0.312 e. The summed E-state index contributed by atoms with van der Waals surface area (Å²) in [5.74, 6) is 0.906. The molecule has 84 valence electrons. The predicted octanol–water partition coefficient (Wildman–Crippen LogP) is 0.957. The molecular formula is C10H11N3O3. The van der Waals surface area contributed by atoms with Gasteiger partial charge in [-0.15, -0.1) is 5.10 Å². The molecule has 0 unspecified atom stereocenters. The molecular weight excluding hydrogens is 210 g/mol. The number of benzene rings is 1. The van der Waals surface area contributed by atoms with Gasteiger partial charge in [0.1, 0.15) is 0 Å². The molecule has 0 radical (unpaired) electrons. The third-order valence-corrected chi connectivity index (χ3v) is 2.08. The number of methoxy groups -OCH3 is 1. The average molecular weight is 221 g/mol. The van der Waals surface area contributed by atoms with Crippen LogP contribution in [0.3, 0.4) is 0 Å². The average Bonchev–Trinajstić information content (AvgIpc) is 2.64. The third-order valence-electron chi connectivity index (χ3n) is 2.08. The van der Waals surface area contributed by atoms with Crippen LogP contribution in [0.1, 0.15) is 11.5 Å². The van der Waals surface area contributed by atoms with Gasteiger partial charge in [-0.1, -0.05) is 11.2 Å². The second kappa shape index (κ2) is 4.09. The molecule has 0 saturated heterocycles. The fourth-order valence-corrected chi connectivity index (χ4v) is 1.36. The van der Waals surface area contributed by atoms with Crippen molar-refractivity contribution in [3.63, 3.8) is 0 Å². The van der Waals surface area contributed by atoms with E-state index in [4.69, 9.17) is 14.9 Å². The second-order valence-electron chi connectivity index (χ2n) is 3.22. The van der Waals surface area contributed by atoms with Crippen LogP contribution in [0.15, 0.2) is 22.6 Å². The number of anilines is 1. The van der Waals surface area contributed by atoms with Crippen molar-refractivity contribution in [2.24, 2.45) is 0 Å². The fourth-order valence-electron chi connectivity index (χ4n) is 1.36. The molecule has 0 aliphatic carbocycles. The standard InChI is InChI=1S/C10H11N3O3/c1-15-8-3-2-6(4-7(8)14)5-9-12-13-10(11)16-9/h2-4,14H,5H2,1H3,(H2,11,13). The van der Waals surface area contributed by atoms with Crippen LogP contribution < -0.4 is 10.5 Å². The second-order valence-corrected chi connectivity index (χ2v) is 3.22. The summed E-state index contributed by atoms with van der Waals surface area (Å²) in [5, 5.41) is 16.8. The molecule has 0 aliphatic rings. The van der Waals surface area contributed by atoms with Gasteiger partial charge < -0.3 is 20.0 Å². The summed E-state index contributed by atoms with van der Waals surface area (Å²) in [6, 6.07) is 5.09. The number of hydrogen-bond acceptors (Lipinski definition) is 6. The number of nitrogens with zero attached hydrogens (tertiary/aromatic N) is 2. The van der Waals surface area contributed by atoms with Gasteiger partial charge in [-0.2, -0.15) is 0 Å². The van der Waals surface area contributed by atoms with Gasteiger partial charge in [0.25, 0.3) is 0 Å². The summed E-state index contributed by atoms with van der Waals surface area (Å²) < 4.78 is 9.96. The third kappa shape index (κ3) is 2.05. The Hall–Kier alpha value is -2.24. The molecule has 1 aromatic carbocycles. The zero-order valence-corrected chi connectivity index (χ0v) is 8.67. The first-order chi connectivity index (χ1) is 7.69. The van der Waals surface area contributed by atoms with Gasteiger partial charge in [0.15, 0.2) is 11.5 Å². The first-order valence-corrected chi connectivity index (χ1v) is 4.63. The predicted molar refractivity (Wildman–Crippen MR) is 56.2 cm³/mol. The van der Waals surface area contributed by atoms with Crippen LogP contribution in [0, 0.1) is 0 Å². The molecule has 0 spiro atoms. The highest BCUT2D eigenvalue weighted by Gasteiger charge is 2.07. The Labute approximate surface area is 91.7 Å². The monoisotopic (exact) mass is 221 g/mol. The minimum atomic E-state index is 0.0349. The summed E-state index contributed by atoms with van der Waals surface area (Å²) in [6.45, 7) is 0. The smallest absolute Gasteiger partial charge is 0.312 e. The molecule has 0 saturated carbocycles. The highest BCUT2D eigenvalue weighted by Crippen LogP contribution is 2.27. The van der Waals surface area contributed by atoms with Gasteiger partial charge in [0, 0.05) is 0 Å². The Morgan fingerprint density at radius 3 is 2.81 bits per heavy atom. The van der Waals surface area contributed by atoms with Gasteiger partial charge in [-0.05, 0) is 17.7 Å². The number of nitrogen functional groups attached to an aromatic ring is 1. The Balaban J connectivity index is 2.19. The van der Waals surface area contributed by atoms with Crippen molar-refractivity contribution in [3.05, 3.63) is 29.7 Å². The summed E-state index contributed by atoms with van der Waals surface area (Å²) >= 11 is 0. The molecule has 6 heteroatoms. The first kappa shape index (κ1) is 10.3. The molecule has 2 rings (SSSR count). The fraction of sp³-hybridized carbons (Fsp3) is 0.200. The van der Waals surface area contributed by atoms with E-state index in [2.05, 4.69) is 10.2 Å². The number of aromatic nitrogens is 2. The van der Waals surface area contributed by atoms with E-state index in [1.165, 1.54) is 7.11 Å². The zero-order valence-electron chi connectivity index (χ0n) is 8.67.